The number of hydrogen-bond acceptors (Lipinski definition) is 3. The fraction of sp³-hybridized carbons (Fsp3) is 0.333. The minimum absolute atomic E-state index is 0.495. The second-order valence-electron chi connectivity index (χ2n) is 3.97. The minimum Gasteiger partial charge on any atom is -0.388 e. The van der Waals surface area contributed by atoms with E-state index >= 15 is 0 Å². The first-order valence-corrected chi connectivity index (χ1v) is 5.23. The molecule has 2 heterocycles. The highest BCUT2D eigenvalue weighted by atomic mass is 16.3. The summed E-state index contributed by atoms with van der Waals surface area (Å²) in [5, 5.41) is 14.1. The van der Waals surface area contributed by atoms with Crippen molar-refractivity contribution in [2.75, 3.05) is 0 Å². The van der Waals surface area contributed by atoms with Gasteiger partial charge in [0.25, 0.3) is 0 Å². The molecule has 0 saturated heterocycles. The van der Waals surface area contributed by atoms with E-state index in [2.05, 4.69) is 10.1 Å². The number of aliphatic hydroxyl groups is 1. The van der Waals surface area contributed by atoms with Crippen LogP contribution in [0.4, 0.5) is 0 Å². The van der Waals surface area contributed by atoms with E-state index in [-0.39, 0.29) is 0 Å². The molecule has 0 spiro atoms. The average Bonchev–Trinajstić information content (AvgIpc) is 2.64. The number of aromatic nitrogens is 3. The third-order valence-corrected chi connectivity index (χ3v) is 2.49. The molecule has 0 bridgehead atoms. The third kappa shape index (κ3) is 2.46. The van der Waals surface area contributed by atoms with Gasteiger partial charge < -0.3 is 5.11 Å². The zero-order valence-electron chi connectivity index (χ0n) is 9.46. The van der Waals surface area contributed by atoms with Gasteiger partial charge >= 0.3 is 0 Å². The van der Waals surface area contributed by atoms with Gasteiger partial charge in [0.1, 0.15) is 0 Å². The molecule has 16 heavy (non-hydrogen) atoms. The molecule has 4 nitrogen and oxygen atoms in total. The quantitative estimate of drug-likeness (QED) is 0.845. The van der Waals surface area contributed by atoms with Crippen LogP contribution in [0.5, 0.6) is 0 Å². The summed E-state index contributed by atoms with van der Waals surface area (Å²) in [6.45, 7) is 1.92. The van der Waals surface area contributed by atoms with Crippen LogP contribution in [0.3, 0.4) is 0 Å². The molecule has 0 saturated carbocycles. The third-order valence-electron chi connectivity index (χ3n) is 2.49. The van der Waals surface area contributed by atoms with Crippen LogP contribution in [0.25, 0.3) is 0 Å². The van der Waals surface area contributed by atoms with Crippen molar-refractivity contribution in [2.45, 2.75) is 19.4 Å². The number of aryl methyl sites for hydroxylation is 2. The van der Waals surface area contributed by atoms with E-state index in [1.807, 2.05) is 32.3 Å². The van der Waals surface area contributed by atoms with Crippen molar-refractivity contribution in [1.29, 1.82) is 0 Å². The Morgan fingerprint density at radius 1 is 1.50 bits per heavy atom. The molecule has 1 unspecified atom stereocenters. The first-order chi connectivity index (χ1) is 7.65. The van der Waals surface area contributed by atoms with E-state index in [1.54, 1.807) is 17.1 Å². The van der Waals surface area contributed by atoms with Gasteiger partial charge in [0.2, 0.25) is 0 Å². The highest BCUT2D eigenvalue weighted by Gasteiger charge is 2.09. The average molecular weight is 217 g/mol. The Hall–Kier alpha value is -1.68. The van der Waals surface area contributed by atoms with Crippen LogP contribution in [-0.4, -0.2) is 19.9 Å². The molecule has 2 aromatic heterocycles. The zero-order chi connectivity index (χ0) is 11.5. The lowest BCUT2D eigenvalue weighted by atomic mass is 10.0. The minimum atomic E-state index is -0.495. The molecule has 4 heteroatoms. The van der Waals surface area contributed by atoms with E-state index in [9.17, 15) is 5.11 Å². The van der Waals surface area contributed by atoms with Crippen molar-refractivity contribution in [2.24, 2.45) is 7.05 Å². The Labute approximate surface area is 94.6 Å². The van der Waals surface area contributed by atoms with Crippen molar-refractivity contribution < 1.29 is 5.11 Å². The molecule has 0 aromatic carbocycles. The summed E-state index contributed by atoms with van der Waals surface area (Å²) in [4.78, 5) is 4.11. The van der Waals surface area contributed by atoms with Crippen LogP contribution in [0.2, 0.25) is 0 Å². The summed E-state index contributed by atoms with van der Waals surface area (Å²) in [6.07, 6.45) is 5.49. The first kappa shape index (κ1) is 10.8. The maximum atomic E-state index is 10.0. The molecule has 2 aromatic rings. The molecule has 0 aliphatic heterocycles. The van der Waals surface area contributed by atoms with Gasteiger partial charge in [0, 0.05) is 31.6 Å². The van der Waals surface area contributed by atoms with Crippen LogP contribution in [0, 0.1) is 6.92 Å². The molecule has 0 aliphatic carbocycles. The van der Waals surface area contributed by atoms with Gasteiger partial charge in [-0.1, -0.05) is 0 Å². The van der Waals surface area contributed by atoms with Crippen LogP contribution in [0.1, 0.15) is 22.9 Å². The Morgan fingerprint density at radius 2 is 2.31 bits per heavy atom. The topological polar surface area (TPSA) is 50.9 Å². The van der Waals surface area contributed by atoms with Crippen molar-refractivity contribution in [3.63, 3.8) is 0 Å². The van der Waals surface area contributed by atoms with E-state index in [4.69, 9.17) is 0 Å². The maximum absolute atomic E-state index is 10.0. The molecule has 0 aliphatic rings. The van der Waals surface area contributed by atoms with Crippen molar-refractivity contribution in [1.82, 2.24) is 14.8 Å². The molecule has 84 valence electrons. The second-order valence-corrected chi connectivity index (χ2v) is 3.97. The van der Waals surface area contributed by atoms with Crippen LogP contribution >= 0.6 is 0 Å². The first-order valence-electron chi connectivity index (χ1n) is 5.23. The number of aliphatic hydroxyl groups excluding tert-OH is 1. The highest BCUT2D eigenvalue weighted by Crippen LogP contribution is 2.17. The van der Waals surface area contributed by atoms with E-state index in [0.29, 0.717) is 6.42 Å². The van der Waals surface area contributed by atoms with Crippen molar-refractivity contribution in [3.8, 4) is 0 Å². The van der Waals surface area contributed by atoms with Gasteiger partial charge in [-0.05, 0) is 30.2 Å². The largest absolute Gasteiger partial charge is 0.388 e. The standard InChI is InChI=1S/C12H15N3O/c1-9-5-11(3-4-13-9)12(16)6-10-7-14-15(2)8-10/h3-5,7-8,12,16H,6H2,1-2H3. The van der Waals surface area contributed by atoms with Gasteiger partial charge in [0.05, 0.1) is 12.3 Å². The smallest absolute Gasteiger partial charge is 0.0832 e. The van der Waals surface area contributed by atoms with Crippen LogP contribution < -0.4 is 0 Å². The van der Waals surface area contributed by atoms with E-state index < -0.39 is 6.10 Å². The van der Waals surface area contributed by atoms with Gasteiger partial charge in [-0.15, -0.1) is 0 Å². The van der Waals surface area contributed by atoms with Gasteiger partial charge in [-0.2, -0.15) is 5.10 Å². The molecule has 1 N–H and O–H groups in total. The Morgan fingerprint density at radius 3 is 2.94 bits per heavy atom. The number of nitrogens with zero attached hydrogens (tertiary/aromatic N) is 3. The second kappa shape index (κ2) is 4.45. The summed E-state index contributed by atoms with van der Waals surface area (Å²) in [7, 11) is 1.87. The number of rotatable bonds is 3. The Balaban J connectivity index is 2.11. The highest BCUT2D eigenvalue weighted by molar-refractivity contribution is 5.20. The fourth-order valence-corrected chi connectivity index (χ4v) is 1.69. The van der Waals surface area contributed by atoms with Crippen molar-refractivity contribution >= 4 is 0 Å². The SMILES string of the molecule is Cc1cc(C(O)Cc2cnn(C)c2)ccn1. The number of hydrogen-bond donors (Lipinski definition) is 1. The molecular weight excluding hydrogens is 202 g/mol. The lowest BCUT2D eigenvalue weighted by molar-refractivity contribution is 0.178. The molecule has 2 rings (SSSR count). The predicted molar refractivity (Wildman–Crippen MR) is 60.8 cm³/mol. The molecule has 0 fully saturated rings. The molecule has 0 amide bonds. The maximum Gasteiger partial charge on any atom is 0.0832 e. The van der Waals surface area contributed by atoms with Gasteiger partial charge in [-0.25, -0.2) is 0 Å². The van der Waals surface area contributed by atoms with Gasteiger partial charge in [-0.3, -0.25) is 9.67 Å². The fourth-order valence-electron chi connectivity index (χ4n) is 1.69. The summed E-state index contributed by atoms with van der Waals surface area (Å²) in [5.41, 5.74) is 2.85. The predicted octanol–water partition coefficient (Wildman–Crippen LogP) is 1.40. The van der Waals surface area contributed by atoms with Crippen LogP contribution in [0.15, 0.2) is 30.7 Å². The summed E-state index contributed by atoms with van der Waals surface area (Å²) in [5.74, 6) is 0. The van der Waals surface area contributed by atoms with E-state index in [1.165, 1.54) is 0 Å². The molecular formula is C12H15N3O. The zero-order valence-corrected chi connectivity index (χ0v) is 9.46. The molecule has 0 radical (unpaired) electrons. The number of pyridine rings is 1. The molecule has 1 atom stereocenters. The van der Waals surface area contributed by atoms with Gasteiger partial charge in [0.15, 0.2) is 0 Å². The normalized spacial score (nSPS) is 12.7. The van der Waals surface area contributed by atoms with Crippen molar-refractivity contribution in [3.05, 3.63) is 47.5 Å². The van der Waals surface area contributed by atoms with E-state index in [0.717, 1.165) is 16.8 Å². The lowest BCUT2D eigenvalue weighted by Crippen LogP contribution is -2.02. The summed E-state index contributed by atoms with van der Waals surface area (Å²) < 4.78 is 1.74. The Kier molecular flexibility index (Phi) is 3.01. The Bertz CT molecular complexity index is 479. The summed E-state index contributed by atoms with van der Waals surface area (Å²) in [6, 6.07) is 3.75. The summed E-state index contributed by atoms with van der Waals surface area (Å²) >= 11 is 0. The lowest BCUT2D eigenvalue weighted by Gasteiger charge is -2.09. The monoisotopic (exact) mass is 217 g/mol. The van der Waals surface area contributed by atoms with Crippen LogP contribution in [-0.2, 0) is 13.5 Å².